The van der Waals surface area contributed by atoms with Gasteiger partial charge < -0.3 is 20.5 Å². The highest BCUT2D eigenvalue weighted by atomic mass is 16.5. The molecule has 0 spiro atoms. The summed E-state index contributed by atoms with van der Waals surface area (Å²) in [5, 5.41) is 16.2. The highest BCUT2D eigenvalue weighted by molar-refractivity contribution is 5.82. The lowest BCUT2D eigenvalue weighted by Crippen LogP contribution is -2.68. The van der Waals surface area contributed by atoms with E-state index in [0.717, 1.165) is 87.0 Å². The van der Waals surface area contributed by atoms with Gasteiger partial charge in [-0.1, -0.05) is 114 Å². The second-order valence-corrected chi connectivity index (χ2v) is 30.0. The largest absolute Gasteiger partial charge is 0.480 e. The van der Waals surface area contributed by atoms with Crippen LogP contribution in [0.4, 0.5) is 0 Å². The van der Waals surface area contributed by atoms with Gasteiger partial charge in [-0.05, 0) is 232 Å². The van der Waals surface area contributed by atoms with Crippen molar-refractivity contribution < 1.29 is 24.2 Å². The van der Waals surface area contributed by atoms with Crippen LogP contribution in [-0.2, 0) is 19.1 Å². The highest BCUT2D eigenvalue weighted by Crippen LogP contribution is 2.78. The van der Waals surface area contributed by atoms with Crippen molar-refractivity contribution in [3.8, 4) is 0 Å². The van der Waals surface area contributed by atoms with Crippen LogP contribution in [0.3, 0.4) is 0 Å². The van der Waals surface area contributed by atoms with Crippen molar-refractivity contribution >= 4 is 17.8 Å². The van der Waals surface area contributed by atoms with Crippen LogP contribution in [-0.4, -0.2) is 47.7 Å². The molecule has 0 heterocycles. The Morgan fingerprint density at radius 1 is 0.704 bits per heavy atom. The molecule has 7 nitrogen and oxygen atoms in total. The number of nitrogens with one attached hydrogen (secondary N) is 2. The topological polar surface area (TPSA) is 105 Å². The number of esters is 1. The van der Waals surface area contributed by atoms with E-state index in [2.05, 4.69) is 99.8 Å². The van der Waals surface area contributed by atoms with E-state index < -0.39 is 12.0 Å². The van der Waals surface area contributed by atoms with Crippen molar-refractivity contribution in [2.24, 2.45) is 109 Å². The molecular weight excluding hydrogens is 877 g/mol. The van der Waals surface area contributed by atoms with Gasteiger partial charge in [-0.15, -0.1) is 0 Å². The van der Waals surface area contributed by atoms with Gasteiger partial charge in [0.05, 0.1) is 5.41 Å². The maximum Gasteiger partial charge on any atom is 0.326 e. The van der Waals surface area contributed by atoms with Crippen molar-refractivity contribution in [1.29, 1.82) is 0 Å². The van der Waals surface area contributed by atoms with Gasteiger partial charge >= 0.3 is 11.9 Å². The number of fused-ring (bicyclic) bond motifs is 12. The van der Waals surface area contributed by atoms with Gasteiger partial charge in [0.1, 0.15) is 12.1 Å². The number of carboxylic acid groups (broad SMARTS) is 1. The van der Waals surface area contributed by atoms with E-state index in [1.54, 1.807) is 5.57 Å². The first-order valence-corrected chi connectivity index (χ1v) is 30.5. The Labute approximate surface area is 433 Å². The molecule has 9 aliphatic carbocycles. The summed E-state index contributed by atoms with van der Waals surface area (Å²) in [6, 6.07) is -0.443. The van der Waals surface area contributed by atoms with Gasteiger partial charge in [-0.3, -0.25) is 9.59 Å². The summed E-state index contributed by atoms with van der Waals surface area (Å²) in [5.74, 6) is 7.38. The van der Waals surface area contributed by atoms with E-state index in [1.165, 1.54) is 103 Å². The monoisotopic (exact) mass is 983 g/mol. The highest BCUT2D eigenvalue weighted by Gasteiger charge is 2.72. The fourth-order valence-electron chi connectivity index (χ4n) is 22.2. The second kappa shape index (κ2) is 19.6. The van der Waals surface area contributed by atoms with E-state index in [1.807, 2.05) is 0 Å². The molecule has 9 aliphatic rings. The third-order valence-corrected chi connectivity index (χ3v) is 26.1. The lowest BCUT2D eigenvalue weighted by atomic mass is 9.32. The van der Waals surface area contributed by atoms with E-state index >= 15 is 4.79 Å². The molecule has 71 heavy (non-hydrogen) atoms. The minimum absolute atomic E-state index is 0.0260. The van der Waals surface area contributed by atoms with Crippen molar-refractivity contribution in [3.05, 3.63) is 11.6 Å². The molecule has 19 atom stereocenters. The zero-order chi connectivity index (χ0) is 51.3. The molecule has 8 saturated carbocycles. The fraction of sp³-hybridized carbons (Fsp3) is 0.922. The predicted octanol–water partition coefficient (Wildman–Crippen LogP) is 15.0. The first-order chi connectivity index (χ1) is 33.4. The van der Waals surface area contributed by atoms with Gasteiger partial charge in [-0.2, -0.15) is 0 Å². The number of carbonyl (C=O) groups is 3. The van der Waals surface area contributed by atoms with Gasteiger partial charge in [-0.25, -0.2) is 4.79 Å². The molecule has 0 radical (unpaired) electrons. The number of carbonyl (C=O) groups excluding carboxylic acids is 2. The number of rotatable bonds is 15. The van der Waals surface area contributed by atoms with Crippen molar-refractivity contribution in [2.75, 3.05) is 6.54 Å². The van der Waals surface area contributed by atoms with Crippen LogP contribution >= 0.6 is 0 Å². The summed E-state index contributed by atoms with van der Waals surface area (Å²) in [7, 11) is 0. The Bertz CT molecular complexity index is 2010. The first kappa shape index (κ1) is 53.9. The smallest absolute Gasteiger partial charge is 0.326 e. The predicted molar refractivity (Wildman–Crippen MR) is 288 cm³/mol. The van der Waals surface area contributed by atoms with Crippen LogP contribution in [0.1, 0.15) is 238 Å². The summed E-state index contributed by atoms with van der Waals surface area (Å²) < 4.78 is 7.07. The molecule has 0 aromatic rings. The number of allylic oxidation sites excluding steroid dienone is 1. The van der Waals surface area contributed by atoms with Crippen LogP contribution in [0.2, 0.25) is 0 Å². The zero-order valence-electron chi connectivity index (χ0n) is 47.8. The molecule has 0 aliphatic heterocycles. The van der Waals surface area contributed by atoms with E-state index in [0.29, 0.717) is 53.4 Å². The van der Waals surface area contributed by atoms with E-state index in [4.69, 9.17) is 4.74 Å². The van der Waals surface area contributed by atoms with Crippen LogP contribution < -0.4 is 10.6 Å². The summed E-state index contributed by atoms with van der Waals surface area (Å²) in [5.41, 5.74) is 2.87. The third-order valence-electron chi connectivity index (χ3n) is 26.1. The SMILES string of the molecule is CC(=O)NC(CCCNC1CC[C@@]2(C)C(CC[C@]3(C)[C@@H]2CC[C@@H]2C4C(C(C)C)CC[C@]4(C(=O)O[C@@H]4CC[C@@]5(C)C(=CC[C@H]6[C@@H]7CC[C@H]([C@H](C)CCCC(C)C)[C@@]7(C)CC[C@@H]65)C4)CC[C@]23C)C1(C)C)C(=O)O. The fourth-order valence-corrected chi connectivity index (χ4v) is 22.2. The van der Waals surface area contributed by atoms with Crippen LogP contribution in [0.15, 0.2) is 11.6 Å². The third kappa shape index (κ3) is 8.78. The molecule has 3 N–H and O–H groups in total. The van der Waals surface area contributed by atoms with Gasteiger partial charge in [0.15, 0.2) is 0 Å². The maximum absolute atomic E-state index is 15.4. The van der Waals surface area contributed by atoms with Crippen LogP contribution in [0, 0.1) is 109 Å². The first-order valence-electron chi connectivity index (χ1n) is 30.5. The summed E-state index contributed by atoms with van der Waals surface area (Å²) in [6.07, 6.45) is 30.0. The maximum atomic E-state index is 15.4. The molecule has 1 amide bonds. The summed E-state index contributed by atoms with van der Waals surface area (Å²) >= 11 is 0. The lowest BCUT2D eigenvalue weighted by molar-refractivity contribution is -0.243. The quantitative estimate of drug-likeness (QED) is 0.0858. The van der Waals surface area contributed by atoms with Gasteiger partial charge in [0.2, 0.25) is 5.91 Å². The lowest BCUT2D eigenvalue weighted by Gasteiger charge is -2.73. The molecule has 9 rings (SSSR count). The molecule has 0 saturated heterocycles. The minimum Gasteiger partial charge on any atom is -0.480 e. The van der Waals surface area contributed by atoms with Crippen molar-refractivity contribution in [3.63, 3.8) is 0 Å². The van der Waals surface area contributed by atoms with Crippen LogP contribution in [0.25, 0.3) is 0 Å². The Balaban J connectivity index is 0.867. The minimum atomic E-state index is -0.957. The number of carboxylic acids is 1. The Morgan fingerprint density at radius 2 is 1.44 bits per heavy atom. The molecule has 0 bridgehead atoms. The number of aliphatic carboxylic acids is 1. The Kier molecular flexibility index (Phi) is 14.9. The molecule has 5 unspecified atom stereocenters. The number of amides is 1. The molecule has 7 heteroatoms. The van der Waals surface area contributed by atoms with Crippen LogP contribution in [0.5, 0.6) is 0 Å². The van der Waals surface area contributed by atoms with E-state index in [-0.39, 0.29) is 50.5 Å². The second-order valence-electron chi connectivity index (χ2n) is 30.0. The van der Waals surface area contributed by atoms with Gasteiger partial charge in [0, 0.05) is 19.4 Å². The average Bonchev–Trinajstić information content (AvgIpc) is 3.87. The molecule has 0 aromatic carbocycles. The number of hydrogen-bond donors (Lipinski definition) is 3. The van der Waals surface area contributed by atoms with Gasteiger partial charge in [0.25, 0.3) is 0 Å². The van der Waals surface area contributed by atoms with Crippen molar-refractivity contribution in [2.45, 2.75) is 256 Å². The molecule has 402 valence electrons. The zero-order valence-corrected chi connectivity index (χ0v) is 47.8. The molecule has 0 aromatic heterocycles. The summed E-state index contributed by atoms with van der Waals surface area (Å²) in [4.78, 5) is 38.9. The Hall–Kier alpha value is -1.89. The average molecular weight is 984 g/mol. The molecule has 8 fully saturated rings. The normalized spacial score (nSPS) is 46.2. The Morgan fingerprint density at radius 3 is 2.14 bits per heavy atom. The number of ether oxygens (including phenoxy) is 1. The van der Waals surface area contributed by atoms with Crippen molar-refractivity contribution in [1.82, 2.24) is 10.6 Å². The number of hydrogen-bond acceptors (Lipinski definition) is 5. The standard InChI is InChI=1S/C64H106N2O5/c1-39(2)16-14-17-41(5)47-21-22-48-46-20-19-43-38-44(25-30-59(43,9)49(46)27-31-60(47,48)10)71-57(70)64-34-26-45(40(3)4)55(64)50-23-24-53-61(11)32-29-54(65-37-15-18-51(56(68)69)66-42(6)67)58(7,8)52(61)28-33-63(53,13)62(50,12)35-36-64/h19,39-41,44-55,65H,14-18,20-38H2,1-13H3,(H,66,67)(H,68,69)/t41-,44-,45?,46+,47-,48+,49+,50-,51?,52?,53-,54?,55?,59+,60-,61+,62-,63-,64+/m1/s1. The summed E-state index contributed by atoms with van der Waals surface area (Å²) in [6.45, 7) is 33.0. The van der Waals surface area contributed by atoms with E-state index in [9.17, 15) is 14.7 Å². The molecular formula is C64H106N2O5.